The first-order valence-electron chi connectivity index (χ1n) is 10.9. The molecule has 2 N–H and O–H groups in total. The van der Waals surface area contributed by atoms with Gasteiger partial charge in [0.25, 0.3) is 5.91 Å². The van der Waals surface area contributed by atoms with Gasteiger partial charge in [-0.3, -0.25) is 9.59 Å². The standard InChI is InChI=1S/C24H28FN5O2S/c1-4-17-10-8-9-16(3)22(17)27-21(31)15-33-24-29-28-20(30(24)5-2)13-14-26-23(32)18-11-6-7-12-19(18)25/h6-12H,4-5,13-15H2,1-3H3,(H,26,32)(H,27,31). The van der Waals surface area contributed by atoms with E-state index in [1.54, 1.807) is 12.1 Å². The number of nitrogens with zero attached hydrogens (tertiary/aromatic N) is 3. The van der Waals surface area contributed by atoms with Gasteiger partial charge in [-0.1, -0.05) is 49.0 Å². The summed E-state index contributed by atoms with van der Waals surface area (Å²) < 4.78 is 15.7. The summed E-state index contributed by atoms with van der Waals surface area (Å²) in [5.41, 5.74) is 3.01. The molecule has 3 aromatic rings. The van der Waals surface area contributed by atoms with Crippen LogP contribution in [0.5, 0.6) is 0 Å². The SMILES string of the molecule is CCc1cccc(C)c1NC(=O)CSc1nnc(CCNC(=O)c2ccccc2F)n1CC. The molecule has 0 unspecified atom stereocenters. The van der Waals surface area contributed by atoms with E-state index in [0.717, 1.165) is 23.2 Å². The van der Waals surface area contributed by atoms with Crippen molar-refractivity contribution in [3.8, 4) is 0 Å². The Morgan fingerprint density at radius 1 is 1.09 bits per heavy atom. The number of hydrogen-bond acceptors (Lipinski definition) is 5. The molecule has 2 aromatic carbocycles. The highest BCUT2D eigenvalue weighted by atomic mass is 32.2. The van der Waals surface area contributed by atoms with Gasteiger partial charge >= 0.3 is 0 Å². The van der Waals surface area contributed by atoms with E-state index in [1.165, 1.54) is 23.9 Å². The Bertz CT molecular complexity index is 1130. The van der Waals surface area contributed by atoms with E-state index in [2.05, 4.69) is 27.8 Å². The maximum atomic E-state index is 13.7. The molecule has 33 heavy (non-hydrogen) atoms. The first-order valence-corrected chi connectivity index (χ1v) is 11.9. The van der Waals surface area contributed by atoms with Gasteiger partial charge in [-0.2, -0.15) is 0 Å². The van der Waals surface area contributed by atoms with Crippen LogP contribution in [0, 0.1) is 12.7 Å². The second-order valence-corrected chi connectivity index (χ2v) is 8.37. The van der Waals surface area contributed by atoms with E-state index in [4.69, 9.17) is 0 Å². The lowest BCUT2D eigenvalue weighted by Gasteiger charge is -2.13. The van der Waals surface area contributed by atoms with Crippen molar-refractivity contribution in [2.45, 2.75) is 45.3 Å². The average Bonchev–Trinajstić information content (AvgIpc) is 3.20. The highest BCUT2D eigenvalue weighted by Crippen LogP contribution is 2.23. The number of amides is 2. The molecule has 3 rings (SSSR count). The fraction of sp³-hybridized carbons (Fsp3) is 0.333. The Kier molecular flexibility index (Phi) is 8.59. The predicted molar refractivity (Wildman–Crippen MR) is 128 cm³/mol. The van der Waals surface area contributed by atoms with E-state index >= 15 is 0 Å². The molecule has 9 heteroatoms. The van der Waals surface area contributed by atoms with E-state index in [-0.39, 0.29) is 17.2 Å². The number of aromatic nitrogens is 3. The zero-order chi connectivity index (χ0) is 23.8. The molecular formula is C24H28FN5O2S. The Morgan fingerprint density at radius 3 is 2.61 bits per heavy atom. The van der Waals surface area contributed by atoms with E-state index in [1.807, 2.05) is 36.6 Å². The van der Waals surface area contributed by atoms with Crippen LogP contribution in [0.4, 0.5) is 10.1 Å². The van der Waals surface area contributed by atoms with Crippen molar-refractivity contribution in [3.05, 3.63) is 70.8 Å². The number of benzene rings is 2. The fourth-order valence-electron chi connectivity index (χ4n) is 3.46. The van der Waals surface area contributed by atoms with Crippen molar-refractivity contribution in [1.29, 1.82) is 0 Å². The second-order valence-electron chi connectivity index (χ2n) is 7.43. The van der Waals surface area contributed by atoms with Crippen molar-refractivity contribution in [2.75, 3.05) is 17.6 Å². The van der Waals surface area contributed by atoms with Crippen LogP contribution in [0.1, 0.15) is 41.2 Å². The molecule has 0 atom stereocenters. The number of halogens is 1. The summed E-state index contributed by atoms with van der Waals surface area (Å²) in [5.74, 6) is -0.223. The monoisotopic (exact) mass is 469 g/mol. The molecule has 0 aliphatic carbocycles. The average molecular weight is 470 g/mol. The number of aryl methyl sites for hydroxylation is 2. The van der Waals surface area contributed by atoms with E-state index < -0.39 is 11.7 Å². The summed E-state index contributed by atoms with van der Waals surface area (Å²) >= 11 is 1.32. The van der Waals surface area contributed by atoms with Crippen LogP contribution < -0.4 is 10.6 Å². The number of hydrogen-bond donors (Lipinski definition) is 2. The van der Waals surface area contributed by atoms with Crippen LogP contribution in [0.2, 0.25) is 0 Å². The minimum absolute atomic E-state index is 0.0107. The smallest absolute Gasteiger partial charge is 0.254 e. The molecule has 7 nitrogen and oxygen atoms in total. The van der Waals surface area contributed by atoms with Gasteiger partial charge in [-0.05, 0) is 43.5 Å². The Balaban J connectivity index is 1.55. The third kappa shape index (κ3) is 6.19. The highest BCUT2D eigenvalue weighted by Gasteiger charge is 2.15. The number of thioether (sulfide) groups is 1. The zero-order valence-corrected chi connectivity index (χ0v) is 19.8. The molecule has 0 saturated heterocycles. The second kappa shape index (κ2) is 11.6. The first kappa shape index (κ1) is 24.4. The van der Waals surface area contributed by atoms with Crippen LogP contribution in [0.15, 0.2) is 47.6 Å². The van der Waals surface area contributed by atoms with Crippen molar-refractivity contribution >= 4 is 29.3 Å². The molecular weight excluding hydrogens is 441 g/mol. The zero-order valence-electron chi connectivity index (χ0n) is 19.0. The van der Waals surface area contributed by atoms with Crippen LogP contribution in [0.3, 0.4) is 0 Å². The van der Waals surface area contributed by atoms with Gasteiger partial charge in [0.05, 0.1) is 11.3 Å². The van der Waals surface area contributed by atoms with Gasteiger partial charge in [0.15, 0.2) is 5.16 Å². The molecule has 1 aromatic heterocycles. The Labute approximate surface area is 197 Å². The lowest BCUT2D eigenvalue weighted by molar-refractivity contribution is -0.113. The van der Waals surface area contributed by atoms with Crippen molar-refractivity contribution in [1.82, 2.24) is 20.1 Å². The normalized spacial score (nSPS) is 10.8. The van der Waals surface area contributed by atoms with Gasteiger partial charge in [0, 0.05) is 25.2 Å². The van der Waals surface area contributed by atoms with Crippen LogP contribution in [0.25, 0.3) is 0 Å². The Hall–Kier alpha value is -3.20. The summed E-state index contributed by atoms with van der Waals surface area (Å²) in [4.78, 5) is 24.7. The molecule has 0 aliphatic rings. The number of anilines is 1. The number of para-hydroxylation sites is 1. The largest absolute Gasteiger partial charge is 0.351 e. The minimum atomic E-state index is -0.555. The molecule has 0 fully saturated rings. The van der Waals surface area contributed by atoms with Crippen LogP contribution >= 0.6 is 11.8 Å². The van der Waals surface area contributed by atoms with Crippen molar-refractivity contribution in [3.63, 3.8) is 0 Å². The number of nitrogens with one attached hydrogen (secondary N) is 2. The van der Waals surface area contributed by atoms with E-state index in [0.29, 0.717) is 30.5 Å². The minimum Gasteiger partial charge on any atom is -0.351 e. The van der Waals surface area contributed by atoms with Crippen molar-refractivity contribution < 1.29 is 14.0 Å². The predicted octanol–water partition coefficient (Wildman–Crippen LogP) is 4.01. The molecule has 0 bridgehead atoms. The molecule has 0 aliphatic heterocycles. The molecule has 2 amide bonds. The maximum Gasteiger partial charge on any atom is 0.254 e. The quantitative estimate of drug-likeness (QED) is 0.438. The lowest BCUT2D eigenvalue weighted by atomic mass is 10.1. The molecule has 174 valence electrons. The summed E-state index contributed by atoms with van der Waals surface area (Å²) in [6.07, 6.45) is 1.28. The third-order valence-electron chi connectivity index (χ3n) is 5.20. The molecule has 1 heterocycles. The van der Waals surface area contributed by atoms with Crippen molar-refractivity contribution in [2.24, 2.45) is 0 Å². The van der Waals surface area contributed by atoms with Gasteiger partial charge in [0.2, 0.25) is 5.91 Å². The van der Waals surface area contributed by atoms with E-state index in [9.17, 15) is 14.0 Å². The number of rotatable bonds is 10. The lowest BCUT2D eigenvalue weighted by Crippen LogP contribution is -2.27. The third-order valence-corrected chi connectivity index (χ3v) is 6.17. The molecule has 0 radical (unpaired) electrons. The highest BCUT2D eigenvalue weighted by molar-refractivity contribution is 7.99. The topological polar surface area (TPSA) is 88.9 Å². The Morgan fingerprint density at radius 2 is 1.88 bits per heavy atom. The summed E-state index contributed by atoms with van der Waals surface area (Å²) in [6, 6.07) is 11.8. The fourth-order valence-corrected chi connectivity index (χ4v) is 4.29. The maximum absolute atomic E-state index is 13.7. The van der Waals surface area contributed by atoms with Gasteiger partial charge < -0.3 is 15.2 Å². The van der Waals surface area contributed by atoms with Gasteiger partial charge in [0.1, 0.15) is 11.6 Å². The summed E-state index contributed by atoms with van der Waals surface area (Å²) in [7, 11) is 0. The number of carbonyl (C=O) groups is 2. The van der Waals surface area contributed by atoms with Gasteiger partial charge in [-0.15, -0.1) is 10.2 Å². The van der Waals surface area contributed by atoms with Gasteiger partial charge in [-0.25, -0.2) is 4.39 Å². The molecule has 0 saturated carbocycles. The first-order chi connectivity index (χ1) is 15.9. The summed E-state index contributed by atoms with van der Waals surface area (Å²) in [6.45, 7) is 6.93. The van der Waals surface area contributed by atoms with Crippen LogP contribution in [-0.2, 0) is 24.2 Å². The number of carbonyl (C=O) groups excluding carboxylic acids is 2. The summed E-state index contributed by atoms with van der Waals surface area (Å²) in [5, 5.41) is 14.8. The molecule has 0 spiro atoms. The van der Waals surface area contributed by atoms with Crippen LogP contribution in [-0.4, -0.2) is 38.9 Å².